The quantitative estimate of drug-likeness (QED) is 0.778. The molecule has 4 rings (SSSR count). The van der Waals surface area contributed by atoms with E-state index >= 15 is 0 Å². The Balaban J connectivity index is 1.43. The number of benzene rings is 2. The smallest absolute Gasteiger partial charge is 0.147 e. The summed E-state index contributed by atoms with van der Waals surface area (Å²) >= 11 is 0. The van der Waals surface area contributed by atoms with E-state index in [1.165, 1.54) is 5.69 Å². The predicted octanol–water partition coefficient (Wildman–Crippen LogP) is 4.01. The van der Waals surface area contributed by atoms with Gasteiger partial charge in [0.2, 0.25) is 0 Å². The molecule has 2 aromatic carbocycles. The second-order valence-corrected chi connectivity index (χ2v) is 6.78. The Hall–Kier alpha value is -2.40. The van der Waals surface area contributed by atoms with E-state index in [4.69, 9.17) is 4.74 Å². The summed E-state index contributed by atoms with van der Waals surface area (Å²) in [5, 5.41) is 0. The molecule has 2 fully saturated rings. The third-order valence-corrected chi connectivity index (χ3v) is 5.01. The molecule has 2 aromatic rings. The molecule has 2 aliphatic rings. The molecule has 0 amide bonds. The number of morpholine rings is 1. The lowest BCUT2D eigenvalue weighted by molar-refractivity contribution is 0.122. The monoisotopic (exact) mass is 353 g/mol. The minimum Gasteiger partial charge on any atom is -0.378 e. The van der Waals surface area contributed by atoms with Crippen LogP contribution in [0.25, 0.3) is 0 Å². The lowest BCUT2D eigenvalue weighted by Crippen LogP contribution is -2.36. The van der Waals surface area contributed by atoms with Crippen molar-refractivity contribution in [2.75, 3.05) is 49.2 Å². The van der Waals surface area contributed by atoms with E-state index in [-0.39, 0.29) is 5.82 Å². The minimum absolute atomic E-state index is 0.168. The van der Waals surface area contributed by atoms with Gasteiger partial charge in [-0.05, 0) is 54.8 Å². The molecule has 0 aromatic heterocycles. The molecule has 26 heavy (non-hydrogen) atoms. The van der Waals surface area contributed by atoms with Crippen LogP contribution < -0.4 is 9.80 Å². The zero-order valence-electron chi connectivity index (χ0n) is 14.9. The van der Waals surface area contributed by atoms with Gasteiger partial charge in [0.05, 0.1) is 24.6 Å². The van der Waals surface area contributed by atoms with Crippen molar-refractivity contribution in [2.24, 2.45) is 4.99 Å². The Morgan fingerprint density at radius 2 is 1.62 bits per heavy atom. The van der Waals surface area contributed by atoms with Crippen LogP contribution in [0.4, 0.5) is 21.5 Å². The molecule has 0 unspecified atom stereocenters. The molecule has 136 valence electrons. The summed E-state index contributed by atoms with van der Waals surface area (Å²) in [6.45, 7) is 5.29. The van der Waals surface area contributed by atoms with Crippen molar-refractivity contribution in [1.29, 1.82) is 0 Å². The van der Waals surface area contributed by atoms with Crippen LogP contribution in [-0.2, 0) is 4.74 Å². The first-order chi connectivity index (χ1) is 12.8. The van der Waals surface area contributed by atoms with Gasteiger partial charge in [0.25, 0.3) is 0 Å². The number of ether oxygens (including phenoxy) is 1. The van der Waals surface area contributed by atoms with Crippen molar-refractivity contribution >= 4 is 23.3 Å². The van der Waals surface area contributed by atoms with Crippen molar-refractivity contribution in [2.45, 2.75) is 12.8 Å². The molecular formula is C21H24FN3O. The molecule has 0 N–H and O–H groups in total. The summed E-state index contributed by atoms with van der Waals surface area (Å²) in [5.41, 5.74) is 3.54. The van der Waals surface area contributed by atoms with Gasteiger partial charge in [-0.1, -0.05) is 6.07 Å². The highest BCUT2D eigenvalue weighted by molar-refractivity contribution is 5.82. The van der Waals surface area contributed by atoms with Gasteiger partial charge in [-0.3, -0.25) is 4.99 Å². The van der Waals surface area contributed by atoms with Crippen LogP contribution in [0.1, 0.15) is 18.4 Å². The summed E-state index contributed by atoms with van der Waals surface area (Å²) in [6.07, 6.45) is 4.01. The zero-order chi connectivity index (χ0) is 17.8. The number of halogens is 1. The number of hydrogen-bond donors (Lipinski definition) is 0. The van der Waals surface area contributed by atoms with E-state index in [9.17, 15) is 4.39 Å². The Morgan fingerprint density at radius 1 is 0.885 bits per heavy atom. The van der Waals surface area contributed by atoms with E-state index in [2.05, 4.69) is 26.9 Å². The first kappa shape index (κ1) is 17.0. The Morgan fingerprint density at radius 3 is 2.31 bits per heavy atom. The highest BCUT2D eigenvalue weighted by Crippen LogP contribution is 2.25. The number of anilines is 2. The standard InChI is InChI=1S/C21H24FN3O/c22-20-15-17(3-8-21(20)25-9-1-2-10-25)16-23-18-4-6-19(7-5-18)24-11-13-26-14-12-24/h3-8,15-16H,1-2,9-14H2. The van der Waals surface area contributed by atoms with Gasteiger partial charge >= 0.3 is 0 Å². The summed E-state index contributed by atoms with van der Waals surface area (Å²) in [4.78, 5) is 8.90. The number of aliphatic imine (C=N–C) groups is 1. The van der Waals surface area contributed by atoms with Crippen molar-refractivity contribution in [1.82, 2.24) is 0 Å². The Kier molecular flexibility index (Phi) is 5.16. The van der Waals surface area contributed by atoms with E-state index in [1.54, 1.807) is 12.3 Å². The maximum Gasteiger partial charge on any atom is 0.147 e. The maximum atomic E-state index is 14.4. The normalized spacial score (nSPS) is 18.0. The molecule has 0 saturated carbocycles. The van der Waals surface area contributed by atoms with Crippen LogP contribution in [-0.4, -0.2) is 45.6 Å². The zero-order valence-corrected chi connectivity index (χ0v) is 14.9. The average Bonchev–Trinajstić information content (AvgIpc) is 3.22. The van der Waals surface area contributed by atoms with Gasteiger partial charge < -0.3 is 14.5 Å². The van der Waals surface area contributed by atoms with Crippen molar-refractivity contribution in [3.05, 3.63) is 53.8 Å². The van der Waals surface area contributed by atoms with Gasteiger partial charge in [-0.25, -0.2) is 4.39 Å². The van der Waals surface area contributed by atoms with Gasteiger partial charge in [0.15, 0.2) is 0 Å². The van der Waals surface area contributed by atoms with Crippen molar-refractivity contribution in [3.8, 4) is 0 Å². The lowest BCUT2D eigenvalue weighted by atomic mass is 10.2. The van der Waals surface area contributed by atoms with Gasteiger partial charge in [0.1, 0.15) is 5.82 Å². The largest absolute Gasteiger partial charge is 0.378 e. The third-order valence-electron chi connectivity index (χ3n) is 5.01. The molecule has 4 nitrogen and oxygen atoms in total. The SMILES string of the molecule is Fc1cc(C=Nc2ccc(N3CCOCC3)cc2)ccc1N1CCCC1. The Labute approximate surface area is 153 Å². The molecule has 0 bridgehead atoms. The second kappa shape index (κ2) is 7.87. The minimum atomic E-state index is -0.168. The lowest BCUT2D eigenvalue weighted by Gasteiger charge is -2.28. The molecular weight excluding hydrogens is 329 g/mol. The van der Waals surface area contributed by atoms with Crippen LogP contribution in [0, 0.1) is 5.82 Å². The fraction of sp³-hybridized carbons (Fsp3) is 0.381. The molecule has 0 aliphatic carbocycles. The summed E-state index contributed by atoms with van der Waals surface area (Å²) in [6, 6.07) is 13.5. The number of nitrogens with zero attached hydrogens (tertiary/aromatic N) is 3. The Bertz CT molecular complexity index is 763. The predicted molar refractivity (Wildman–Crippen MR) is 105 cm³/mol. The average molecular weight is 353 g/mol. The summed E-state index contributed by atoms with van der Waals surface area (Å²) in [7, 11) is 0. The number of rotatable bonds is 4. The molecule has 2 heterocycles. The highest BCUT2D eigenvalue weighted by atomic mass is 19.1. The fourth-order valence-corrected chi connectivity index (χ4v) is 3.54. The number of hydrogen-bond acceptors (Lipinski definition) is 4. The van der Waals surface area contributed by atoms with Crippen molar-refractivity contribution in [3.63, 3.8) is 0 Å². The summed E-state index contributed by atoms with van der Waals surface area (Å²) < 4.78 is 19.8. The molecule has 5 heteroatoms. The van der Waals surface area contributed by atoms with Crippen LogP contribution in [0.15, 0.2) is 47.5 Å². The highest BCUT2D eigenvalue weighted by Gasteiger charge is 2.16. The van der Waals surface area contributed by atoms with Crippen LogP contribution >= 0.6 is 0 Å². The van der Waals surface area contributed by atoms with E-state index < -0.39 is 0 Å². The maximum absolute atomic E-state index is 14.4. The van der Waals surface area contributed by atoms with E-state index in [0.29, 0.717) is 5.69 Å². The van der Waals surface area contributed by atoms with Gasteiger partial charge in [0, 0.05) is 38.1 Å². The topological polar surface area (TPSA) is 28.1 Å². The fourth-order valence-electron chi connectivity index (χ4n) is 3.54. The first-order valence-corrected chi connectivity index (χ1v) is 9.31. The van der Waals surface area contributed by atoms with Crippen LogP contribution in [0.2, 0.25) is 0 Å². The van der Waals surface area contributed by atoms with Gasteiger partial charge in [-0.15, -0.1) is 0 Å². The van der Waals surface area contributed by atoms with Crippen LogP contribution in [0.3, 0.4) is 0 Å². The molecule has 0 spiro atoms. The second-order valence-electron chi connectivity index (χ2n) is 6.78. The molecule has 2 aliphatic heterocycles. The molecule has 0 atom stereocenters. The summed E-state index contributed by atoms with van der Waals surface area (Å²) in [5.74, 6) is -0.168. The third kappa shape index (κ3) is 3.88. The van der Waals surface area contributed by atoms with Gasteiger partial charge in [-0.2, -0.15) is 0 Å². The van der Waals surface area contributed by atoms with E-state index in [0.717, 1.165) is 63.5 Å². The molecule has 0 radical (unpaired) electrons. The van der Waals surface area contributed by atoms with Crippen molar-refractivity contribution < 1.29 is 9.13 Å². The van der Waals surface area contributed by atoms with Crippen LogP contribution in [0.5, 0.6) is 0 Å². The molecule has 2 saturated heterocycles. The van der Waals surface area contributed by atoms with E-state index in [1.807, 2.05) is 24.3 Å². The first-order valence-electron chi connectivity index (χ1n) is 9.31.